The van der Waals surface area contributed by atoms with Crippen LogP contribution in [0.15, 0.2) is 64.7 Å². The van der Waals surface area contributed by atoms with Crippen LogP contribution in [0, 0.1) is 17.8 Å². The summed E-state index contributed by atoms with van der Waals surface area (Å²) in [7, 11) is 0. The molecule has 1 aliphatic carbocycles. The van der Waals surface area contributed by atoms with Crippen molar-refractivity contribution >= 4 is 44.8 Å². The SMILES string of the molecule is CC.CCC(C)C1CCC2(CC1)N=C(c1cc3ccccc3s1)C(=O)N2C(CCC(C)C)c1ccc(C(=O)NCC/C(N)=N/NN)cc1. The van der Waals surface area contributed by atoms with Crippen LogP contribution >= 0.6 is 11.3 Å². The lowest BCUT2D eigenvalue weighted by molar-refractivity contribution is -0.133. The molecule has 2 heterocycles. The average Bonchev–Trinajstić information content (AvgIpc) is 3.65. The first-order valence-electron chi connectivity index (χ1n) is 17.7. The molecule has 1 spiro atoms. The topological polar surface area (TPSA) is 138 Å². The Bertz CT molecular complexity index is 1540. The third-order valence-electron chi connectivity index (χ3n) is 9.89. The number of hydrazine groups is 1. The van der Waals surface area contributed by atoms with E-state index in [4.69, 9.17) is 16.6 Å². The molecule has 5 rings (SSSR count). The fourth-order valence-corrected chi connectivity index (χ4v) is 8.04. The maximum Gasteiger partial charge on any atom is 0.276 e. The van der Waals surface area contributed by atoms with Gasteiger partial charge in [-0.15, -0.1) is 11.3 Å². The Balaban J connectivity index is 0.00000255. The van der Waals surface area contributed by atoms with Gasteiger partial charge >= 0.3 is 0 Å². The van der Waals surface area contributed by atoms with Crippen molar-refractivity contribution in [1.82, 2.24) is 15.8 Å². The van der Waals surface area contributed by atoms with Crippen molar-refractivity contribution in [2.45, 2.75) is 105 Å². The Kier molecular flexibility index (Phi) is 13.2. The van der Waals surface area contributed by atoms with Crippen molar-refractivity contribution in [2.75, 3.05) is 6.54 Å². The summed E-state index contributed by atoms with van der Waals surface area (Å²) in [6.07, 6.45) is 7.21. The molecule has 2 unspecified atom stereocenters. The molecule has 1 aliphatic heterocycles. The van der Waals surface area contributed by atoms with Gasteiger partial charge in [0, 0.05) is 23.2 Å². The second-order valence-corrected chi connectivity index (χ2v) is 14.4. The van der Waals surface area contributed by atoms with Crippen LogP contribution in [-0.2, 0) is 4.79 Å². The molecule has 1 aromatic heterocycles. The Morgan fingerprint density at radius 1 is 1.08 bits per heavy atom. The predicted molar refractivity (Wildman–Crippen MR) is 200 cm³/mol. The van der Waals surface area contributed by atoms with Crippen molar-refractivity contribution in [3.63, 3.8) is 0 Å². The number of nitrogens with two attached hydrogens (primary N) is 2. The number of thiophene rings is 1. The fraction of sp³-hybridized carbons (Fsp3) is 0.526. The molecule has 1 fully saturated rings. The van der Waals surface area contributed by atoms with Crippen molar-refractivity contribution in [3.05, 3.63) is 70.6 Å². The zero-order valence-electron chi connectivity index (χ0n) is 29.6. The van der Waals surface area contributed by atoms with Crippen LogP contribution in [0.3, 0.4) is 0 Å². The molecule has 2 aliphatic rings. The van der Waals surface area contributed by atoms with Gasteiger partial charge in [-0.3, -0.25) is 9.59 Å². The Morgan fingerprint density at radius 2 is 1.77 bits per heavy atom. The van der Waals surface area contributed by atoms with Crippen molar-refractivity contribution < 1.29 is 9.59 Å². The van der Waals surface area contributed by atoms with E-state index in [0.717, 1.165) is 59.1 Å². The number of nitrogens with zero attached hydrogens (tertiary/aromatic N) is 3. The number of carbonyl (C=O) groups is 2. The standard InChI is InChI=1S/C36H49N7O2S.C2H6/c1-5-24(4)25-16-19-36(20-17-25)40-33(31-22-28-8-6-7-9-30(28)46-31)35(45)43(36)29(15-10-23(2)3)26-11-13-27(14-12-26)34(44)39-21-18-32(37)41-42-38;1-2/h6-9,11-14,22-25,29,42H,5,10,15-21,38H2,1-4H3,(H2,37,41)(H,39,44);1-2H3. The number of aliphatic imine (C=N–C) groups is 1. The Morgan fingerprint density at radius 3 is 2.40 bits per heavy atom. The predicted octanol–water partition coefficient (Wildman–Crippen LogP) is 7.52. The van der Waals surface area contributed by atoms with Gasteiger partial charge in [-0.1, -0.05) is 78.3 Å². The number of rotatable bonds is 13. The molecule has 10 heteroatoms. The first-order chi connectivity index (χ1) is 23.2. The number of fused-ring (bicyclic) bond motifs is 1. The maximum atomic E-state index is 14.7. The minimum Gasteiger partial charge on any atom is -0.386 e. The lowest BCUT2D eigenvalue weighted by Crippen LogP contribution is -2.51. The molecule has 0 saturated heterocycles. The first kappa shape index (κ1) is 37.1. The van der Waals surface area contributed by atoms with Crippen molar-refractivity contribution in [3.8, 4) is 0 Å². The van der Waals surface area contributed by atoms with E-state index in [1.807, 2.05) is 50.2 Å². The lowest BCUT2D eigenvalue weighted by atomic mass is 9.74. The van der Waals surface area contributed by atoms with Gasteiger partial charge in [0.05, 0.1) is 10.9 Å². The molecule has 48 heavy (non-hydrogen) atoms. The van der Waals surface area contributed by atoms with Crippen LogP contribution in [0.25, 0.3) is 10.1 Å². The number of carbonyl (C=O) groups excluding carboxylic acids is 2. The highest BCUT2D eigenvalue weighted by Gasteiger charge is 2.52. The van der Waals surface area contributed by atoms with Gasteiger partial charge < -0.3 is 16.0 Å². The van der Waals surface area contributed by atoms with E-state index in [2.05, 4.69) is 66.7 Å². The summed E-state index contributed by atoms with van der Waals surface area (Å²) in [5.41, 5.74) is 9.53. The summed E-state index contributed by atoms with van der Waals surface area (Å²) >= 11 is 1.65. The van der Waals surface area contributed by atoms with E-state index in [1.54, 1.807) is 11.3 Å². The Hall–Kier alpha value is -3.76. The molecular weight excluding hydrogens is 619 g/mol. The zero-order valence-corrected chi connectivity index (χ0v) is 30.4. The van der Waals surface area contributed by atoms with Gasteiger partial charge in [-0.05, 0) is 91.5 Å². The number of hydrazone groups is 1. The van der Waals surface area contributed by atoms with Gasteiger partial charge in [0.25, 0.3) is 11.8 Å². The van der Waals surface area contributed by atoms with Crippen molar-refractivity contribution in [2.24, 2.45) is 39.4 Å². The molecule has 1 saturated carbocycles. The molecule has 0 radical (unpaired) electrons. The molecule has 0 bridgehead atoms. The minimum absolute atomic E-state index is 0.0235. The van der Waals surface area contributed by atoms with Crippen LogP contribution in [0.4, 0.5) is 0 Å². The Labute approximate surface area is 290 Å². The molecule has 2 atom stereocenters. The summed E-state index contributed by atoms with van der Waals surface area (Å²) in [6.45, 7) is 13.4. The highest BCUT2D eigenvalue weighted by molar-refractivity contribution is 7.21. The number of amidine groups is 1. The number of hydrogen-bond donors (Lipinski definition) is 4. The lowest BCUT2D eigenvalue weighted by Gasteiger charge is -2.46. The van der Waals surface area contributed by atoms with Gasteiger partial charge in [0.15, 0.2) is 0 Å². The number of amides is 2. The fourth-order valence-electron chi connectivity index (χ4n) is 7.00. The van der Waals surface area contributed by atoms with Crippen LogP contribution in [0.5, 0.6) is 0 Å². The number of hydrogen-bond acceptors (Lipinski definition) is 7. The minimum atomic E-state index is -0.565. The normalized spacial score (nSPS) is 20.8. The third-order valence-corrected chi connectivity index (χ3v) is 11.0. The molecule has 260 valence electrons. The molecule has 9 nitrogen and oxygen atoms in total. The smallest absolute Gasteiger partial charge is 0.276 e. The summed E-state index contributed by atoms with van der Waals surface area (Å²) in [5, 5.41) is 7.75. The second kappa shape index (κ2) is 17.1. The first-order valence-corrected chi connectivity index (χ1v) is 18.6. The van der Waals surface area contributed by atoms with Gasteiger partial charge in [-0.25, -0.2) is 16.4 Å². The van der Waals surface area contributed by atoms with E-state index in [9.17, 15) is 9.59 Å². The third kappa shape index (κ3) is 8.44. The van der Waals surface area contributed by atoms with Crippen LogP contribution in [0.1, 0.15) is 120 Å². The van der Waals surface area contributed by atoms with E-state index in [-0.39, 0.29) is 17.9 Å². The number of benzene rings is 2. The monoisotopic (exact) mass is 673 g/mol. The summed E-state index contributed by atoms with van der Waals surface area (Å²) in [6, 6.07) is 18.0. The summed E-state index contributed by atoms with van der Waals surface area (Å²) in [4.78, 5) is 36.1. The summed E-state index contributed by atoms with van der Waals surface area (Å²) in [5.74, 6) is 7.10. The molecule has 3 aromatic rings. The van der Waals surface area contributed by atoms with E-state index >= 15 is 0 Å². The highest BCUT2D eigenvalue weighted by Crippen LogP contribution is 2.49. The summed E-state index contributed by atoms with van der Waals surface area (Å²) < 4.78 is 1.16. The highest BCUT2D eigenvalue weighted by atomic mass is 32.1. The second-order valence-electron chi connectivity index (χ2n) is 13.3. The van der Waals surface area contributed by atoms with Gasteiger partial charge in [0.2, 0.25) is 0 Å². The van der Waals surface area contributed by atoms with Crippen LogP contribution in [0.2, 0.25) is 0 Å². The molecule has 6 N–H and O–H groups in total. The largest absolute Gasteiger partial charge is 0.386 e. The van der Waals surface area contributed by atoms with E-state index in [0.29, 0.717) is 47.8 Å². The molecule has 2 aromatic carbocycles. The van der Waals surface area contributed by atoms with Crippen LogP contribution in [-0.4, -0.2) is 40.5 Å². The quantitative estimate of drug-likeness (QED) is 0.0643. The van der Waals surface area contributed by atoms with Crippen LogP contribution < -0.4 is 22.4 Å². The van der Waals surface area contributed by atoms with Gasteiger partial charge in [-0.2, -0.15) is 5.10 Å². The van der Waals surface area contributed by atoms with Gasteiger partial charge in [0.1, 0.15) is 17.2 Å². The van der Waals surface area contributed by atoms with Crippen molar-refractivity contribution in [1.29, 1.82) is 0 Å². The maximum absolute atomic E-state index is 14.7. The molecular formula is C38H55N7O2S. The van der Waals surface area contributed by atoms with E-state index in [1.165, 1.54) is 6.42 Å². The average molecular weight is 674 g/mol. The number of nitrogens with one attached hydrogen (secondary N) is 2. The molecule has 2 amide bonds. The zero-order chi connectivity index (χ0) is 34.8. The van der Waals surface area contributed by atoms with E-state index < -0.39 is 5.66 Å².